The second-order valence-corrected chi connectivity index (χ2v) is 8.33. The van der Waals surface area contributed by atoms with Crippen LogP contribution < -0.4 is 5.32 Å². The number of hydrogen-bond donors (Lipinski definition) is 1. The van der Waals surface area contributed by atoms with E-state index in [1.807, 2.05) is 32.0 Å². The maximum Gasteiger partial charge on any atom is 0.269 e. The van der Waals surface area contributed by atoms with E-state index >= 15 is 0 Å². The van der Waals surface area contributed by atoms with Crippen LogP contribution in [0.2, 0.25) is 0 Å². The summed E-state index contributed by atoms with van der Waals surface area (Å²) in [5, 5.41) is 13.4. The molecule has 0 heterocycles. The van der Waals surface area contributed by atoms with E-state index in [1.165, 1.54) is 31.3 Å². The molecule has 0 radical (unpaired) electrons. The van der Waals surface area contributed by atoms with Crippen molar-refractivity contribution in [1.82, 2.24) is 4.31 Å². The minimum absolute atomic E-state index is 0.113. The standard InChI is InChI=1S/C18H21N3O5S/c1-13-5-4-6-14(2)18(13)19-17(22)11-20(3)27(25,26)12-15-7-9-16(10-8-15)21(23)24/h4-10H,11-12H2,1-3H3,(H,19,22). The number of anilines is 1. The monoisotopic (exact) mass is 391 g/mol. The number of hydrogen-bond acceptors (Lipinski definition) is 5. The first-order chi connectivity index (χ1) is 12.6. The van der Waals surface area contributed by atoms with E-state index in [0.29, 0.717) is 11.3 Å². The second kappa shape index (κ2) is 8.28. The number of rotatable bonds is 7. The van der Waals surface area contributed by atoms with Crippen LogP contribution in [0.5, 0.6) is 0 Å². The number of nitro groups is 1. The van der Waals surface area contributed by atoms with Gasteiger partial charge in [0.05, 0.1) is 17.2 Å². The predicted octanol–water partition coefficient (Wildman–Crippen LogP) is 2.61. The molecule has 1 N–H and O–H groups in total. The van der Waals surface area contributed by atoms with E-state index in [0.717, 1.165) is 15.4 Å². The van der Waals surface area contributed by atoms with Gasteiger partial charge < -0.3 is 5.32 Å². The quantitative estimate of drug-likeness (QED) is 0.576. The first kappa shape index (κ1) is 20.5. The van der Waals surface area contributed by atoms with Gasteiger partial charge in [-0.3, -0.25) is 14.9 Å². The zero-order chi connectivity index (χ0) is 20.2. The van der Waals surface area contributed by atoms with E-state index < -0.39 is 20.9 Å². The van der Waals surface area contributed by atoms with Gasteiger partial charge in [0.15, 0.2) is 0 Å². The zero-order valence-electron chi connectivity index (χ0n) is 15.3. The van der Waals surface area contributed by atoms with Crippen LogP contribution in [-0.2, 0) is 20.6 Å². The molecule has 0 aromatic heterocycles. The molecule has 2 aromatic carbocycles. The largest absolute Gasteiger partial charge is 0.324 e. The average Bonchev–Trinajstić information content (AvgIpc) is 2.58. The first-order valence-corrected chi connectivity index (χ1v) is 9.74. The molecule has 27 heavy (non-hydrogen) atoms. The number of benzene rings is 2. The van der Waals surface area contributed by atoms with Gasteiger partial charge in [-0.2, -0.15) is 4.31 Å². The number of sulfonamides is 1. The molecular weight excluding hydrogens is 370 g/mol. The second-order valence-electron chi connectivity index (χ2n) is 6.25. The van der Waals surface area contributed by atoms with Crippen LogP contribution in [0.4, 0.5) is 11.4 Å². The van der Waals surface area contributed by atoms with Crippen molar-refractivity contribution < 1.29 is 18.1 Å². The highest BCUT2D eigenvalue weighted by Gasteiger charge is 2.22. The van der Waals surface area contributed by atoms with Crippen molar-refractivity contribution in [3.63, 3.8) is 0 Å². The fraction of sp³-hybridized carbons (Fsp3) is 0.278. The Hall–Kier alpha value is -2.78. The number of non-ortho nitro benzene ring substituents is 1. The van der Waals surface area contributed by atoms with E-state index in [1.54, 1.807) is 0 Å². The zero-order valence-corrected chi connectivity index (χ0v) is 16.1. The Balaban J connectivity index is 2.03. The number of nitrogens with one attached hydrogen (secondary N) is 1. The number of carbonyl (C=O) groups excluding carboxylic acids is 1. The Morgan fingerprint density at radius 3 is 2.19 bits per heavy atom. The van der Waals surface area contributed by atoms with Gasteiger partial charge in [0, 0.05) is 24.9 Å². The third kappa shape index (κ3) is 5.35. The number of nitro benzene ring substituents is 1. The van der Waals surface area contributed by atoms with Crippen LogP contribution in [0, 0.1) is 24.0 Å². The lowest BCUT2D eigenvalue weighted by molar-refractivity contribution is -0.384. The van der Waals surface area contributed by atoms with Crippen molar-refractivity contribution >= 4 is 27.3 Å². The fourth-order valence-electron chi connectivity index (χ4n) is 2.53. The highest BCUT2D eigenvalue weighted by Crippen LogP contribution is 2.20. The number of para-hydroxylation sites is 1. The first-order valence-electron chi connectivity index (χ1n) is 8.13. The summed E-state index contributed by atoms with van der Waals surface area (Å²) in [7, 11) is -2.43. The molecule has 0 aliphatic rings. The van der Waals surface area contributed by atoms with Crippen LogP contribution >= 0.6 is 0 Å². The molecule has 0 aliphatic heterocycles. The molecule has 0 fully saturated rings. The summed E-state index contributed by atoms with van der Waals surface area (Å²) in [6, 6.07) is 10.9. The predicted molar refractivity (Wildman–Crippen MR) is 103 cm³/mol. The summed E-state index contributed by atoms with van der Waals surface area (Å²) in [6.07, 6.45) is 0. The van der Waals surface area contributed by atoms with Crippen LogP contribution in [0.1, 0.15) is 16.7 Å². The molecule has 0 saturated heterocycles. The van der Waals surface area contributed by atoms with Gasteiger partial charge in [-0.25, -0.2) is 8.42 Å². The number of nitrogens with zero attached hydrogens (tertiary/aromatic N) is 2. The molecule has 9 heteroatoms. The molecule has 8 nitrogen and oxygen atoms in total. The van der Waals surface area contributed by atoms with E-state index in [9.17, 15) is 23.3 Å². The lowest BCUT2D eigenvalue weighted by Crippen LogP contribution is -2.35. The van der Waals surface area contributed by atoms with Crippen LogP contribution in [0.25, 0.3) is 0 Å². The van der Waals surface area contributed by atoms with E-state index in [-0.39, 0.29) is 18.0 Å². The number of likely N-dealkylation sites (N-methyl/N-ethyl adjacent to an activating group) is 1. The van der Waals surface area contributed by atoms with Gasteiger partial charge in [-0.15, -0.1) is 0 Å². The van der Waals surface area contributed by atoms with Crippen molar-refractivity contribution in [3.8, 4) is 0 Å². The Morgan fingerprint density at radius 2 is 1.67 bits per heavy atom. The molecule has 0 aliphatic carbocycles. The molecule has 0 unspecified atom stereocenters. The van der Waals surface area contributed by atoms with Crippen molar-refractivity contribution in [2.24, 2.45) is 0 Å². The summed E-state index contributed by atoms with van der Waals surface area (Å²) < 4.78 is 25.9. The fourth-order valence-corrected chi connectivity index (χ4v) is 3.67. The molecule has 0 spiro atoms. The number of amides is 1. The Bertz CT molecular complexity index is 935. The average molecular weight is 391 g/mol. The van der Waals surface area contributed by atoms with Crippen LogP contribution in [-0.4, -0.2) is 37.1 Å². The van der Waals surface area contributed by atoms with Crippen molar-refractivity contribution in [3.05, 3.63) is 69.3 Å². The van der Waals surface area contributed by atoms with Gasteiger partial charge in [-0.1, -0.05) is 30.3 Å². The third-order valence-corrected chi connectivity index (χ3v) is 5.86. The smallest absolute Gasteiger partial charge is 0.269 e. The molecular formula is C18H21N3O5S. The normalized spacial score (nSPS) is 11.4. The summed E-state index contributed by atoms with van der Waals surface area (Å²) >= 11 is 0. The maximum absolute atomic E-state index is 12.5. The summed E-state index contributed by atoms with van der Waals surface area (Å²) in [6.45, 7) is 3.39. The molecule has 144 valence electrons. The van der Waals surface area contributed by atoms with Gasteiger partial charge in [0.25, 0.3) is 5.69 Å². The number of carbonyl (C=O) groups is 1. The molecule has 0 bridgehead atoms. The molecule has 0 atom stereocenters. The molecule has 2 rings (SSSR count). The van der Waals surface area contributed by atoms with Gasteiger partial charge in [-0.05, 0) is 30.5 Å². The van der Waals surface area contributed by atoms with Crippen LogP contribution in [0.15, 0.2) is 42.5 Å². The van der Waals surface area contributed by atoms with E-state index in [2.05, 4.69) is 5.32 Å². The van der Waals surface area contributed by atoms with Gasteiger partial charge in [0.2, 0.25) is 15.9 Å². The third-order valence-electron chi connectivity index (χ3n) is 4.08. The van der Waals surface area contributed by atoms with Crippen molar-refractivity contribution in [1.29, 1.82) is 0 Å². The van der Waals surface area contributed by atoms with Gasteiger partial charge in [0.1, 0.15) is 0 Å². The lowest BCUT2D eigenvalue weighted by atomic mass is 10.1. The Kier molecular flexibility index (Phi) is 6.29. The Labute approximate surface area is 158 Å². The van der Waals surface area contributed by atoms with E-state index in [4.69, 9.17) is 0 Å². The molecule has 2 aromatic rings. The number of aryl methyl sites for hydroxylation is 2. The lowest BCUT2D eigenvalue weighted by Gasteiger charge is -2.18. The van der Waals surface area contributed by atoms with Crippen molar-refractivity contribution in [2.45, 2.75) is 19.6 Å². The maximum atomic E-state index is 12.5. The summed E-state index contributed by atoms with van der Waals surface area (Å²) in [5.41, 5.74) is 2.74. The summed E-state index contributed by atoms with van der Waals surface area (Å²) in [4.78, 5) is 22.4. The molecule has 1 amide bonds. The van der Waals surface area contributed by atoms with Gasteiger partial charge >= 0.3 is 0 Å². The highest BCUT2D eigenvalue weighted by molar-refractivity contribution is 7.88. The Morgan fingerprint density at radius 1 is 1.11 bits per heavy atom. The SMILES string of the molecule is Cc1cccc(C)c1NC(=O)CN(C)S(=O)(=O)Cc1ccc([N+](=O)[O-])cc1. The van der Waals surface area contributed by atoms with Crippen LogP contribution in [0.3, 0.4) is 0 Å². The highest BCUT2D eigenvalue weighted by atomic mass is 32.2. The van der Waals surface area contributed by atoms with Crippen molar-refractivity contribution in [2.75, 3.05) is 18.9 Å². The molecule has 0 saturated carbocycles. The minimum atomic E-state index is -3.75. The topological polar surface area (TPSA) is 110 Å². The minimum Gasteiger partial charge on any atom is -0.324 e. The summed E-state index contributed by atoms with van der Waals surface area (Å²) in [5.74, 6) is -0.791.